The molecule has 0 radical (unpaired) electrons. The molecule has 1 amide bonds. The van der Waals surface area contributed by atoms with E-state index in [1.165, 1.54) is 11.8 Å². The maximum absolute atomic E-state index is 12.3. The highest BCUT2D eigenvalue weighted by molar-refractivity contribution is 8.00. The van der Waals surface area contributed by atoms with E-state index in [1.807, 2.05) is 42.2 Å². The third-order valence-electron chi connectivity index (χ3n) is 4.23. The summed E-state index contributed by atoms with van der Waals surface area (Å²) in [6.07, 6.45) is 2.22. The Hall–Kier alpha value is -1.99. The molecular weight excluding hydrogens is 352 g/mol. The van der Waals surface area contributed by atoms with Crippen molar-refractivity contribution in [2.75, 3.05) is 18.8 Å². The summed E-state index contributed by atoms with van der Waals surface area (Å²) in [6, 6.07) is 10.0. The van der Waals surface area contributed by atoms with E-state index < -0.39 is 0 Å². The first-order valence-corrected chi connectivity index (χ1v) is 10.1. The fraction of sp³-hybridized carbons (Fsp3) is 0.333. The lowest BCUT2D eigenvalue weighted by atomic mass is 10.1. The molecular formula is C18H18N4OS2. The van der Waals surface area contributed by atoms with Crippen molar-refractivity contribution in [3.8, 4) is 11.3 Å². The number of thiazole rings is 1. The van der Waals surface area contributed by atoms with Gasteiger partial charge in [-0.3, -0.25) is 4.79 Å². The minimum Gasteiger partial charge on any atom is -0.342 e. The number of carbonyl (C=O) groups is 1. The van der Waals surface area contributed by atoms with E-state index >= 15 is 0 Å². The molecule has 2 aromatic heterocycles. The molecule has 4 rings (SSSR count). The van der Waals surface area contributed by atoms with Crippen LogP contribution in [0.3, 0.4) is 0 Å². The molecule has 0 atom stereocenters. The second-order valence-electron chi connectivity index (χ2n) is 6.01. The van der Waals surface area contributed by atoms with Gasteiger partial charge in [0.05, 0.1) is 15.5 Å². The molecule has 0 unspecified atom stereocenters. The zero-order chi connectivity index (χ0) is 17.2. The van der Waals surface area contributed by atoms with Crippen LogP contribution in [0.2, 0.25) is 0 Å². The molecule has 1 aromatic carbocycles. The van der Waals surface area contributed by atoms with E-state index in [9.17, 15) is 4.79 Å². The quantitative estimate of drug-likeness (QED) is 0.654. The largest absolute Gasteiger partial charge is 0.342 e. The van der Waals surface area contributed by atoms with Gasteiger partial charge in [0.1, 0.15) is 16.2 Å². The highest BCUT2D eigenvalue weighted by atomic mass is 32.2. The fourth-order valence-corrected chi connectivity index (χ4v) is 4.81. The molecule has 1 aliphatic heterocycles. The van der Waals surface area contributed by atoms with E-state index in [0.29, 0.717) is 5.75 Å². The molecule has 25 heavy (non-hydrogen) atoms. The first-order chi connectivity index (χ1) is 12.2. The molecule has 5 nitrogen and oxygen atoms in total. The van der Waals surface area contributed by atoms with Crippen LogP contribution in [0.15, 0.2) is 35.4 Å². The van der Waals surface area contributed by atoms with Crippen molar-refractivity contribution in [2.45, 2.75) is 24.8 Å². The van der Waals surface area contributed by atoms with E-state index in [1.54, 1.807) is 11.3 Å². The first-order valence-electron chi connectivity index (χ1n) is 8.32. The minimum atomic E-state index is 0.177. The molecule has 0 N–H and O–H groups in total. The van der Waals surface area contributed by atoms with Crippen LogP contribution in [0.4, 0.5) is 0 Å². The number of hydrogen-bond acceptors (Lipinski definition) is 6. The zero-order valence-electron chi connectivity index (χ0n) is 13.9. The van der Waals surface area contributed by atoms with Gasteiger partial charge in [-0.1, -0.05) is 42.1 Å². The monoisotopic (exact) mass is 370 g/mol. The Bertz CT molecular complexity index is 904. The maximum Gasteiger partial charge on any atom is 0.232 e. The molecule has 1 aliphatic rings. The van der Waals surface area contributed by atoms with Crippen LogP contribution in [0.1, 0.15) is 17.8 Å². The summed E-state index contributed by atoms with van der Waals surface area (Å²) in [5.41, 5.74) is 2.75. The fourth-order valence-electron chi connectivity index (χ4n) is 2.99. The molecule has 1 saturated heterocycles. The predicted octanol–water partition coefficient (Wildman–Crippen LogP) is 3.78. The highest BCUT2D eigenvalue weighted by Crippen LogP contribution is 2.35. The van der Waals surface area contributed by atoms with Crippen LogP contribution in [0.5, 0.6) is 0 Å². The summed E-state index contributed by atoms with van der Waals surface area (Å²) in [5.74, 6) is 0.571. The number of amides is 1. The molecule has 0 saturated carbocycles. The highest BCUT2D eigenvalue weighted by Gasteiger charge is 2.20. The Labute approximate surface area is 154 Å². The minimum absolute atomic E-state index is 0.177. The molecule has 7 heteroatoms. The van der Waals surface area contributed by atoms with E-state index in [4.69, 9.17) is 0 Å². The lowest BCUT2D eigenvalue weighted by Gasteiger charge is -2.14. The number of aryl methyl sites for hydroxylation is 1. The van der Waals surface area contributed by atoms with Gasteiger partial charge in [0.25, 0.3) is 0 Å². The van der Waals surface area contributed by atoms with Crippen molar-refractivity contribution in [1.82, 2.24) is 20.1 Å². The molecule has 3 heterocycles. The Morgan fingerprint density at radius 1 is 1.20 bits per heavy atom. The van der Waals surface area contributed by atoms with Crippen LogP contribution in [-0.4, -0.2) is 44.8 Å². The number of likely N-dealkylation sites (tertiary alicyclic amines) is 1. The number of fused-ring (bicyclic) bond motifs is 1. The number of rotatable bonds is 4. The second kappa shape index (κ2) is 7.09. The van der Waals surface area contributed by atoms with Crippen LogP contribution in [0, 0.1) is 6.92 Å². The number of thioether (sulfide) groups is 1. The van der Waals surface area contributed by atoms with Gasteiger partial charge in [-0.25, -0.2) is 4.98 Å². The van der Waals surface area contributed by atoms with Gasteiger partial charge >= 0.3 is 0 Å². The third kappa shape index (κ3) is 3.39. The van der Waals surface area contributed by atoms with Crippen LogP contribution in [-0.2, 0) is 4.79 Å². The average molecular weight is 371 g/mol. The van der Waals surface area contributed by atoms with Crippen molar-refractivity contribution in [3.63, 3.8) is 0 Å². The van der Waals surface area contributed by atoms with Crippen molar-refractivity contribution in [2.24, 2.45) is 0 Å². The number of aromatic nitrogens is 3. The summed E-state index contributed by atoms with van der Waals surface area (Å²) in [4.78, 5) is 18.9. The number of carbonyl (C=O) groups excluding carboxylic acids is 1. The van der Waals surface area contributed by atoms with Crippen molar-refractivity contribution < 1.29 is 4.79 Å². The Balaban J connectivity index is 1.63. The standard InChI is InChI=1S/C18H18N4OS2/c1-12-19-16-17(25-12)15(13-7-3-2-4-8-13)20-21-18(16)24-11-14(23)22-9-5-6-10-22/h2-4,7-8H,5-6,9-11H2,1H3. The van der Waals surface area contributed by atoms with Gasteiger partial charge in [0, 0.05) is 18.7 Å². The van der Waals surface area contributed by atoms with Gasteiger partial charge in [0.2, 0.25) is 5.91 Å². The maximum atomic E-state index is 12.3. The van der Waals surface area contributed by atoms with Crippen LogP contribution in [0.25, 0.3) is 21.5 Å². The Morgan fingerprint density at radius 2 is 1.96 bits per heavy atom. The summed E-state index contributed by atoms with van der Waals surface area (Å²) in [7, 11) is 0. The van der Waals surface area contributed by atoms with Gasteiger partial charge in [-0.2, -0.15) is 0 Å². The third-order valence-corrected chi connectivity index (χ3v) is 6.15. The lowest BCUT2D eigenvalue weighted by Crippen LogP contribution is -2.29. The van der Waals surface area contributed by atoms with Crippen molar-refractivity contribution in [3.05, 3.63) is 35.3 Å². The molecule has 1 fully saturated rings. The Morgan fingerprint density at radius 3 is 2.72 bits per heavy atom. The number of hydrogen-bond donors (Lipinski definition) is 0. The summed E-state index contributed by atoms with van der Waals surface area (Å²) in [6.45, 7) is 3.75. The topological polar surface area (TPSA) is 59.0 Å². The van der Waals surface area contributed by atoms with Gasteiger partial charge in [0.15, 0.2) is 0 Å². The first kappa shape index (κ1) is 16.5. The molecule has 3 aromatic rings. The molecule has 0 aliphatic carbocycles. The molecule has 0 bridgehead atoms. The van der Waals surface area contributed by atoms with E-state index in [2.05, 4.69) is 15.2 Å². The van der Waals surface area contributed by atoms with Gasteiger partial charge in [-0.05, 0) is 19.8 Å². The van der Waals surface area contributed by atoms with Crippen LogP contribution >= 0.6 is 23.1 Å². The average Bonchev–Trinajstić information content (AvgIpc) is 3.29. The molecule has 128 valence electrons. The lowest BCUT2D eigenvalue weighted by molar-refractivity contribution is -0.127. The van der Waals surface area contributed by atoms with Crippen LogP contribution < -0.4 is 0 Å². The molecule has 0 spiro atoms. The normalized spacial score (nSPS) is 14.4. The summed E-state index contributed by atoms with van der Waals surface area (Å²) < 4.78 is 1.04. The second-order valence-corrected chi connectivity index (χ2v) is 8.17. The summed E-state index contributed by atoms with van der Waals surface area (Å²) >= 11 is 3.07. The zero-order valence-corrected chi connectivity index (χ0v) is 15.6. The Kier molecular flexibility index (Phi) is 4.67. The predicted molar refractivity (Wildman–Crippen MR) is 102 cm³/mol. The van der Waals surface area contributed by atoms with Crippen molar-refractivity contribution >= 4 is 39.2 Å². The smallest absolute Gasteiger partial charge is 0.232 e. The number of nitrogens with zero attached hydrogens (tertiary/aromatic N) is 4. The SMILES string of the molecule is Cc1nc2c(SCC(=O)N3CCCC3)nnc(-c3ccccc3)c2s1. The van der Waals surface area contributed by atoms with E-state index in [0.717, 1.165) is 57.4 Å². The van der Waals surface area contributed by atoms with Gasteiger partial charge < -0.3 is 4.90 Å². The van der Waals surface area contributed by atoms with E-state index in [-0.39, 0.29) is 5.91 Å². The number of benzene rings is 1. The summed E-state index contributed by atoms with van der Waals surface area (Å²) in [5, 5.41) is 10.5. The van der Waals surface area contributed by atoms with Crippen molar-refractivity contribution in [1.29, 1.82) is 0 Å². The van der Waals surface area contributed by atoms with Gasteiger partial charge in [-0.15, -0.1) is 21.5 Å².